The summed E-state index contributed by atoms with van der Waals surface area (Å²) < 4.78 is 7.11. The largest absolute Gasteiger partial charge is 0.454 e. The van der Waals surface area contributed by atoms with Crippen molar-refractivity contribution in [2.45, 2.75) is 26.7 Å². The molecule has 0 unspecified atom stereocenters. The van der Waals surface area contributed by atoms with Crippen LogP contribution in [0.5, 0.6) is 0 Å². The van der Waals surface area contributed by atoms with Crippen molar-refractivity contribution in [3.05, 3.63) is 52.8 Å². The van der Waals surface area contributed by atoms with Crippen LogP contribution in [0.25, 0.3) is 0 Å². The van der Waals surface area contributed by atoms with Crippen molar-refractivity contribution in [3.63, 3.8) is 0 Å². The average Bonchev–Trinajstić information content (AvgIpc) is 3.18. The van der Waals surface area contributed by atoms with Gasteiger partial charge in [0.1, 0.15) is 0 Å². The third-order valence-corrected chi connectivity index (χ3v) is 4.88. The van der Waals surface area contributed by atoms with Gasteiger partial charge in [-0.2, -0.15) is 0 Å². The second kappa shape index (κ2) is 7.15. The zero-order valence-electron chi connectivity index (χ0n) is 15.2. The summed E-state index contributed by atoms with van der Waals surface area (Å²) in [6, 6.07) is 8.55. The van der Waals surface area contributed by atoms with Crippen LogP contribution in [0.3, 0.4) is 0 Å². The molecule has 0 atom stereocenters. The minimum atomic E-state index is -0.572. The first kappa shape index (κ1) is 17.9. The minimum absolute atomic E-state index is 0.0561. The van der Waals surface area contributed by atoms with Crippen molar-refractivity contribution in [2.75, 3.05) is 18.1 Å². The fourth-order valence-corrected chi connectivity index (χ4v) is 3.15. The van der Waals surface area contributed by atoms with Crippen LogP contribution >= 0.6 is 0 Å². The van der Waals surface area contributed by atoms with Crippen LogP contribution in [0.2, 0.25) is 0 Å². The first-order chi connectivity index (χ1) is 12.4. The lowest BCUT2D eigenvalue weighted by molar-refractivity contribution is -0.117. The molecule has 1 aliphatic rings. The number of amides is 1. The fraction of sp³-hybridized carbons (Fsp3) is 0.350. The first-order valence-corrected chi connectivity index (χ1v) is 8.62. The number of hydrogen-bond donors (Lipinski definition) is 0. The fourth-order valence-electron chi connectivity index (χ4n) is 3.15. The smallest absolute Gasteiger partial charge is 0.338 e. The maximum absolute atomic E-state index is 12.3. The molecule has 0 aliphatic carbocycles. The first-order valence-electron chi connectivity index (χ1n) is 8.62. The second-order valence-corrected chi connectivity index (χ2v) is 6.54. The van der Waals surface area contributed by atoms with Gasteiger partial charge in [-0.1, -0.05) is 6.07 Å². The monoisotopic (exact) mass is 354 g/mol. The molecule has 0 spiro atoms. The number of carbonyl (C=O) groups excluding carboxylic acids is 3. The molecule has 0 saturated carbocycles. The number of ketones is 1. The van der Waals surface area contributed by atoms with Gasteiger partial charge in [0.25, 0.3) is 0 Å². The topological polar surface area (TPSA) is 68.6 Å². The van der Waals surface area contributed by atoms with E-state index < -0.39 is 5.97 Å². The van der Waals surface area contributed by atoms with Gasteiger partial charge in [0.15, 0.2) is 6.61 Å². The molecule has 26 heavy (non-hydrogen) atoms. The van der Waals surface area contributed by atoms with Crippen LogP contribution in [0.1, 0.15) is 44.9 Å². The van der Waals surface area contributed by atoms with E-state index in [1.54, 1.807) is 35.2 Å². The molecule has 1 fully saturated rings. The Morgan fingerprint density at radius 3 is 2.58 bits per heavy atom. The molecule has 3 rings (SSSR count). The Hall–Kier alpha value is -2.89. The summed E-state index contributed by atoms with van der Waals surface area (Å²) in [6.45, 7) is 4.12. The molecule has 1 aromatic carbocycles. The Morgan fingerprint density at radius 2 is 1.96 bits per heavy atom. The van der Waals surface area contributed by atoms with Crippen LogP contribution in [-0.4, -0.2) is 35.4 Å². The van der Waals surface area contributed by atoms with Crippen LogP contribution < -0.4 is 4.90 Å². The van der Waals surface area contributed by atoms with E-state index in [2.05, 4.69) is 0 Å². The van der Waals surface area contributed by atoms with Crippen LogP contribution in [-0.2, 0) is 16.6 Å². The average molecular weight is 354 g/mol. The van der Waals surface area contributed by atoms with Gasteiger partial charge in [-0.15, -0.1) is 0 Å². The van der Waals surface area contributed by atoms with Crippen LogP contribution in [0, 0.1) is 13.8 Å². The second-order valence-electron chi connectivity index (χ2n) is 6.54. The van der Waals surface area contributed by atoms with Crippen molar-refractivity contribution >= 4 is 23.3 Å². The molecule has 0 N–H and O–H groups in total. The number of benzene rings is 1. The summed E-state index contributed by atoms with van der Waals surface area (Å²) in [6.07, 6.45) is 1.34. The Labute approximate surface area is 152 Å². The molecule has 1 aromatic heterocycles. The van der Waals surface area contributed by atoms with Gasteiger partial charge >= 0.3 is 5.97 Å². The van der Waals surface area contributed by atoms with Gasteiger partial charge in [-0.25, -0.2) is 4.79 Å². The summed E-state index contributed by atoms with van der Waals surface area (Å²) in [4.78, 5) is 38.2. The summed E-state index contributed by atoms with van der Waals surface area (Å²) in [5.74, 6) is -0.747. The Kier molecular flexibility index (Phi) is 4.93. The molecule has 136 valence electrons. The SMILES string of the molecule is Cc1cc(C(=O)COC(=O)c2cccc(N3CCCC3=O)c2)c(C)n1C. The summed E-state index contributed by atoms with van der Waals surface area (Å²) in [5.41, 5.74) is 3.39. The molecule has 6 nitrogen and oxygen atoms in total. The van der Waals surface area contributed by atoms with E-state index in [4.69, 9.17) is 4.74 Å². The molecule has 6 heteroatoms. The number of aryl methyl sites for hydroxylation is 1. The molecule has 1 saturated heterocycles. The highest BCUT2D eigenvalue weighted by Crippen LogP contribution is 2.22. The third-order valence-electron chi connectivity index (χ3n) is 4.88. The van der Waals surface area contributed by atoms with Gasteiger partial charge in [-0.05, 0) is 44.5 Å². The maximum Gasteiger partial charge on any atom is 0.338 e. The number of ether oxygens (including phenoxy) is 1. The molecule has 2 heterocycles. The standard InChI is InChI=1S/C20H22N2O4/c1-13-10-17(14(2)21(13)3)18(23)12-26-20(25)15-6-4-7-16(11-15)22-9-5-8-19(22)24/h4,6-7,10-11H,5,8-9,12H2,1-3H3. The van der Waals surface area contributed by atoms with Gasteiger partial charge in [-0.3, -0.25) is 9.59 Å². The molecule has 2 aromatic rings. The molecule has 0 radical (unpaired) electrons. The van der Waals surface area contributed by atoms with Crippen molar-refractivity contribution in [2.24, 2.45) is 7.05 Å². The minimum Gasteiger partial charge on any atom is -0.454 e. The predicted molar refractivity (Wildman–Crippen MR) is 97.5 cm³/mol. The lowest BCUT2D eigenvalue weighted by Crippen LogP contribution is -2.24. The van der Waals surface area contributed by atoms with Crippen molar-refractivity contribution in [1.29, 1.82) is 0 Å². The number of rotatable bonds is 5. The highest BCUT2D eigenvalue weighted by Gasteiger charge is 2.23. The lowest BCUT2D eigenvalue weighted by atomic mass is 10.1. The highest BCUT2D eigenvalue weighted by molar-refractivity contribution is 6.01. The normalized spacial score (nSPS) is 14.0. The third kappa shape index (κ3) is 3.40. The Bertz CT molecular complexity index is 882. The van der Waals surface area contributed by atoms with E-state index in [0.29, 0.717) is 29.8 Å². The zero-order valence-corrected chi connectivity index (χ0v) is 15.2. The molecule has 1 amide bonds. The van der Waals surface area contributed by atoms with Crippen LogP contribution in [0.4, 0.5) is 5.69 Å². The van der Waals surface area contributed by atoms with E-state index in [-0.39, 0.29) is 18.3 Å². The van der Waals surface area contributed by atoms with E-state index in [1.807, 2.05) is 25.5 Å². The van der Waals surface area contributed by atoms with Gasteiger partial charge in [0.05, 0.1) is 5.56 Å². The van der Waals surface area contributed by atoms with E-state index in [0.717, 1.165) is 17.8 Å². The number of hydrogen-bond acceptors (Lipinski definition) is 4. The van der Waals surface area contributed by atoms with Gasteiger partial charge < -0.3 is 14.2 Å². The van der Waals surface area contributed by atoms with E-state index in [9.17, 15) is 14.4 Å². The summed E-state index contributed by atoms with van der Waals surface area (Å²) in [5, 5.41) is 0. The number of anilines is 1. The van der Waals surface area contributed by atoms with Crippen molar-refractivity contribution in [1.82, 2.24) is 4.57 Å². The maximum atomic E-state index is 12.3. The van der Waals surface area contributed by atoms with Crippen LogP contribution in [0.15, 0.2) is 30.3 Å². The number of nitrogens with zero attached hydrogens (tertiary/aromatic N) is 2. The summed E-state index contributed by atoms with van der Waals surface area (Å²) in [7, 11) is 1.89. The van der Waals surface area contributed by atoms with Gasteiger partial charge in [0.2, 0.25) is 11.7 Å². The van der Waals surface area contributed by atoms with E-state index in [1.165, 1.54) is 0 Å². The number of aromatic nitrogens is 1. The quantitative estimate of drug-likeness (QED) is 0.612. The summed E-state index contributed by atoms with van der Waals surface area (Å²) >= 11 is 0. The predicted octanol–water partition coefficient (Wildman–Crippen LogP) is 2.81. The molecule has 0 bridgehead atoms. The molecular formula is C20H22N2O4. The molecular weight excluding hydrogens is 332 g/mol. The lowest BCUT2D eigenvalue weighted by Gasteiger charge is -2.16. The zero-order chi connectivity index (χ0) is 18.8. The molecule has 1 aliphatic heterocycles. The number of carbonyl (C=O) groups is 3. The van der Waals surface area contributed by atoms with Crippen molar-refractivity contribution in [3.8, 4) is 0 Å². The van der Waals surface area contributed by atoms with Crippen molar-refractivity contribution < 1.29 is 19.1 Å². The van der Waals surface area contributed by atoms with Gasteiger partial charge in [0, 0.05) is 42.7 Å². The Balaban J connectivity index is 1.67. The van der Waals surface area contributed by atoms with E-state index >= 15 is 0 Å². The highest BCUT2D eigenvalue weighted by atomic mass is 16.5. The number of Topliss-reactive ketones (excluding diaryl/α,β-unsaturated/α-hetero) is 1. The number of esters is 1. The Morgan fingerprint density at radius 1 is 1.19 bits per heavy atom.